The third-order valence-electron chi connectivity index (χ3n) is 3.82. The molecule has 1 N–H and O–H groups in total. The second-order valence-corrected chi connectivity index (χ2v) is 5.68. The number of fused-ring (bicyclic) bond motifs is 1. The first-order valence-electron chi connectivity index (χ1n) is 7.02. The van der Waals surface area contributed by atoms with E-state index in [0.29, 0.717) is 11.3 Å². The first kappa shape index (κ1) is 14.4. The van der Waals surface area contributed by atoms with E-state index >= 15 is 0 Å². The van der Waals surface area contributed by atoms with Crippen LogP contribution in [0.4, 0.5) is 4.39 Å². The molecule has 0 heterocycles. The van der Waals surface area contributed by atoms with E-state index in [1.165, 1.54) is 6.07 Å². The lowest BCUT2D eigenvalue weighted by Gasteiger charge is -2.21. The number of hydrogen-bond acceptors (Lipinski definition) is 2. The van der Waals surface area contributed by atoms with E-state index in [9.17, 15) is 9.50 Å². The van der Waals surface area contributed by atoms with Crippen LogP contribution in [0.1, 0.15) is 35.6 Å². The lowest BCUT2D eigenvalue weighted by atomic mass is 9.89. The maximum atomic E-state index is 13.8. The Kier molecular flexibility index (Phi) is 4.13. The van der Waals surface area contributed by atoms with Gasteiger partial charge in [-0.25, -0.2) is 4.39 Å². The molecule has 110 valence electrons. The molecule has 0 bridgehead atoms. The zero-order valence-corrected chi connectivity index (χ0v) is 12.2. The van der Waals surface area contributed by atoms with Crippen LogP contribution in [0.15, 0.2) is 36.4 Å². The Morgan fingerprint density at radius 2 is 2.14 bits per heavy atom. The Morgan fingerprint density at radius 3 is 3.00 bits per heavy atom. The summed E-state index contributed by atoms with van der Waals surface area (Å²) in [5, 5.41) is 10.0. The summed E-state index contributed by atoms with van der Waals surface area (Å²) in [4.78, 5) is 0. The molecule has 0 amide bonds. The van der Waals surface area contributed by atoms with E-state index in [-0.39, 0.29) is 17.7 Å². The molecule has 2 aromatic carbocycles. The average Bonchev–Trinajstić information content (AvgIpc) is 2.49. The molecular weight excluding hydrogens is 291 g/mol. The molecule has 1 aliphatic carbocycles. The number of hydrogen-bond donors (Lipinski definition) is 1. The third kappa shape index (κ3) is 3.04. The molecule has 4 heteroatoms. The molecule has 0 fully saturated rings. The number of benzene rings is 2. The molecule has 0 aliphatic heterocycles. The number of aliphatic hydroxyl groups is 1. The van der Waals surface area contributed by atoms with E-state index in [2.05, 4.69) is 0 Å². The number of rotatable bonds is 3. The Labute approximate surface area is 128 Å². The van der Waals surface area contributed by atoms with E-state index in [4.69, 9.17) is 16.3 Å². The second-order valence-electron chi connectivity index (χ2n) is 5.27. The lowest BCUT2D eigenvalue weighted by Crippen LogP contribution is -2.09. The summed E-state index contributed by atoms with van der Waals surface area (Å²) in [6, 6.07) is 10.5. The van der Waals surface area contributed by atoms with Gasteiger partial charge in [0.2, 0.25) is 0 Å². The highest BCUT2D eigenvalue weighted by molar-refractivity contribution is 6.30. The van der Waals surface area contributed by atoms with Crippen LogP contribution < -0.4 is 4.74 Å². The topological polar surface area (TPSA) is 29.5 Å². The molecule has 0 aromatic heterocycles. The summed E-state index contributed by atoms with van der Waals surface area (Å²) in [6.07, 6.45) is 2.34. The molecule has 1 atom stereocenters. The molecule has 2 aromatic rings. The van der Waals surface area contributed by atoms with E-state index in [0.717, 1.165) is 30.4 Å². The van der Waals surface area contributed by atoms with Gasteiger partial charge in [-0.1, -0.05) is 29.8 Å². The van der Waals surface area contributed by atoms with Crippen molar-refractivity contribution in [3.8, 4) is 5.75 Å². The Hall–Kier alpha value is -1.58. The summed E-state index contributed by atoms with van der Waals surface area (Å²) in [6.45, 7) is 0.133. The maximum Gasteiger partial charge on any atom is 0.148 e. The number of halogens is 2. The maximum absolute atomic E-state index is 13.8. The van der Waals surface area contributed by atoms with Crippen LogP contribution in [0, 0.1) is 5.82 Å². The van der Waals surface area contributed by atoms with Crippen LogP contribution in [-0.4, -0.2) is 5.11 Å². The van der Waals surface area contributed by atoms with Crippen LogP contribution in [-0.2, 0) is 13.0 Å². The van der Waals surface area contributed by atoms with Gasteiger partial charge < -0.3 is 9.84 Å². The fourth-order valence-electron chi connectivity index (χ4n) is 2.68. The first-order chi connectivity index (χ1) is 10.1. The molecule has 0 radical (unpaired) electrons. The zero-order valence-electron chi connectivity index (χ0n) is 11.5. The predicted molar refractivity (Wildman–Crippen MR) is 80.1 cm³/mol. The van der Waals surface area contributed by atoms with Crippen molar-refractivity contribution in [2.24, 2.45) is 0 Å². The molecular formula is C17H16ClFO2. The quantitative estimate of drug-likeness (QED) is 0.909. The monoisotopic (exact) mass is 306 g/mol. The molecule has 1 aliphatic rings. The van der Waals surface area contributed by atoms with Crippen LogP contribution in [0.5, 0.6) is 5.75 Å². The SMILES string of the molecule is OC1CCCc2cc(OCc3cccc(Cl)c3F)ccc21. The third-order valence-corrected chi connectivity index (χ3v) is 4.11. The Balaban J connectivity index is 1.75. The van der Waals surface area contributed by atoms with Gasteiger partial charge in [-0.15, -0.1) is 0 Å². The van der Waals surface area contributed by atoms with E-state index < -0.39 is 5.82 Å². The van der Waals surface area contributed by atoms with Gasteiger partial charge in [0, 0.05) is 5.56 Å². The van der Waals surface area contributed by atoms with Gasteiger partial charge in [-0.2, -0.15) is 0 Å². The number of ether oxygens (including phenoxy) is 1. The smallest absolute Gasteiger partial charge is 0.148 e. The van der Waals surface area contributed by atoms with Gasteiger partial charge >= 0.3 is 0 Å². The van der Waals surface area contributed by atoms with E-state index in [1.54, 1.807) is 12.1 Å². The molecule has 21 heavy (non-hydrogen) atoms. The first-order valence-corrected chi connectivity index (χ1v) is 7.39. The van der Waals surface area contributed by atoms with Gasteiger partial charge in [0.1, 0.15) is 18.2 Å². The number of aliphatic hydroxyl groups excluding tert-OH is 1. The van der Waals surface area contributed by atoms with Crippen molar-refractivity contribution < 1.29 is 14.2 Å². The Bertz CT molecular complexity index is 657. The summed E-state index contributed by atoms with van der Waals surface area (Å²) >= 11 is 5.75. The van der Waals surface area contributed by atoms with Crippen molar-refractivity contribution in [3.05, 3.63) is 63.9 Å². The fourth-order valence-corrected chi connectivity index (χ4v) is 2.87. The molecule has 0 saturated heterocycles. The molecule has 3 rings (SSSR count). The second kappa shape index (κ2) is 6.04. The minimum atomic E-state index is -0.437. The van der Waals surface area contributed by atoms with Crippen molar-refractivity contribution in [1.82, 2.24) is 0 Å². The van der Waals surface area contributed by atoms with Gasteiger partial charge in [0.25, 0.3) is 0 Å². The highest BCUT2D eigenvalue weighted by Gasteiger charge is 2.18. The van der Waals surface area contributed by atoms with Crippen molar-refractivity contribution in [2.75, 3.05) is 0 Å². The van der Waals surface area contributed by atoms with Gasteiger partial charge in [0.15, 0.2) is 0 Å². The van der Waals surface area contributed by atoms with Crippen LogP contribution in [0.2, 0.25) is 5.02 Å². The minimum absolute atomic E-state index is 0.102. The fraction of sp³-hybridized carbons (Fsp3) is 0.294. The number of aryl methyl sites for hydroxylation is 1. The molecule has 0 spiro atoms. The highest BCUT2D eigenvalue weighted by atomic mass is 35.5. The summed E-state index contributed by atoms with van der Waals surface area (Å²) in [7, 11) is 0. The van der Waals surface area contributed by atoms with Crippen molar-refractivity contribution in [2.45, 2.75) is 32.0 Å². The standard InChI is InChI=1S/C17H16ClFO2/c18-15-5-1-4-12(17(15)19)10-21-13-7-8-14-11(9-13)3-2-6-16(14)20/h1,4-5,7-9,16,20H,2-3,6,10H2. The highest BCUT2D eigenvalue weighted by Crippen LogP contribution is 2.32. The van der Waals surface area contributed by atoms with Crippen molar-refractivity contribution in [3.63, 3.8) is 0 Å². The average molecular weight is 307 g/mol. The minimum Gasteiger partial charge on any atom is -0.489 e. The van der Waals surface area contributed by atoms with Crippen LogP contribution in [0.25, 0.3) is 0 Å². The zero-order chi connectivity index (χ0) is 14.8. The largest absolute Gasteiger partial charge is 0.489 e. The van der Waals surface area contributed by atoms with E-state index in [1.807, 2.05) is 18.2 Å². The summed E-state index contributed by atoms with van der Waals surface area (Å²) < 4.78 is 19.4. The molecule has 1 unspecified atom stereocenters. The van der Waals surface area contributed by atoms with Gasteiger partial charge in [-0.05, 0) is 48.6 Å². The van der Waals surface area contributed by atoms with Gasteiger partial charge in [0.05, 0.1) is 11.1 Å². The van der Waals surface area contributed by atoms with Crippen molar-refractivity contribution >= 4 is 11.6 Å². The normalized spacial score (nSPS) is 17.4. The lowest BCUT2D eigenvalue weighted by molar-refractivity contribution is 0.156. The van der Waals surface area contributed by atoms with Crippen LogP contribution >= 0.6 is 11.6 Å². The Morgan fingerprint density at radius 1 is 1.29 bits per heavy atom. The molecule has 0 saturated carbocycles. The van der Waals surface area contributed by atoms with Crippen LogP contribution in [0.3, 0.4) is 0 Å². The molecule has 2 nitrogen and oxygen atoms in total. The van der Waals surface area contributed by atoms with Crippen molar-refractivity contribution in [1.29, 1.82) is 0 Å². The summed E-state index contributed by atoms with van der Waals surface area (Å²) in [5.41, 5.74) is 2.51. The predicted octanol–water partition coefficient (Wildman–Crippen LogP) is 4.43. The summed E-state index contributed by atoms with van der Waals surface area (Å²) in [5.74, 6) is 0.245. The van der Waals surface area contributed by atoms with Gasteiger partial charge in [-0.3, -0.25) is 0 Å².